The van der Waals surface area contributed by atoms with Crippen molar-refractivity contribution in [3.05, 3.63) is 29.8 Å². The molecule has 4 N–H and O–H groups in total. The summed E-state index contributed by atoms with van der Waals surface area (Å²) in [7, 11) is 1.62. The number of primary amides is 1. The number of ether oxygens (including phenoxy) is 2. The first-order valence-corrected chi connectivity index (χ1v) is 11.1. The van der Waals surface area contributed by atoms with E-state index in [1.165, 1.54) is 0 Å². The second kappa shape index (κ2) is 8.16. The molecule has 0 aromatic heterocycles. The number of nitriles is 1. The highest BCUT2D eigenvalue weighted by Crippen LogP contribution is 2.60. The number of carbonyl (C=O) groups excluding carboxylic acids is 1. The van der Waals surface area contributed by atoms with Crippen LogP contribution in [0.1, 0.15) is 51.0 Å². The fourth-order valence-electron chi connectivity index (χ4n) is 6.18. The van der Waals surface area contributed by atoms with Gasteiger partial charge in [-0.15, -0.1) is 0 Å². The van der Waals surface area contributed by atoms with Crippen LogP contribution in [0.25, 0.3) is 0 Å². The summed E-state index contributed by atoms with van der Waals surface area (Å²) >= 11 is 0. The molecular formula is C24H32N4O3. The second-order valence-electron chi connectivity index (χ2n) is 9.83. The second-order valence-corrected chi connectivity index (χ2v) is 9.83. The van der Waals surface area contributed by atoms with Crippen LogP contribution in [0.2, 0.25) is 0 Å². The molecule has 4 aliphatic rings. The molecule has 7 heteroatoms. The Hall–Kier alpha value is -2.59. The molecule has 31 heavy (non-hydrogen) atoms. The molecule has 7 nitrogen and oxygen atoms in total. The Balaban J connectivity index is 1.52. The van der Waals surface area contributed by atoms with E-state index in [9.17, 15) is 10.1 Å². The van der Waals surface area contributed by atoms with E-state index in [4.69, 9.17) is 25.9 Å². The van der Waals surface area contributed by atoms with Gasteiger partial charge in [-0.3, -0.25) is 9.79 Å². The molecule has 0 heterocycles. The minimum absolute atomic E-state index is 0.0717. The van der Waals surface area contributed by atoms with E-state index in [2.05, 4.69) is 6.07 Å². The van der Waals surface area contributed by atoms with Crippen molar-refractivity contribution in [2.45, 2.75) is 63.7 Å². The summed E-state index contributed by atoms with van der Waals surface area (Å²) in [5.74, 6) is 2.17. The molecule has 1 amide bonds. The average Bonchev–Trinajstić information content (AvgIpc) is 2.74. The Kier molecular flexibility index (Phi) is 5.69. The molecule has 4 saturated carbocycles. The van der Waals surface area contributed by atoms with Crippen LogP contribution in [0.3, 0.4) is 0 Å². The number of benzene rings is 1. The van der Waals surface area contributed by atoms with Crippen LogP contribution in [-0.4, -0.2) is 30.5 Å². The zero-order valence-electron chi connectivity index (χ0n) is 18.3. The molecule has 0 saturated heterocycles. The van der Waals surface area contributed by atoms with Gasteiger partial charge in [0.25, 0.3) is 0 Å². The molecule has 4 fully saturated rings. The van der Waals surface area contributed by atoms with Gasteiger partial charge in [-0.05, 0) is 74.5 Å². The van der Waals surface area contributed by atoms with Gasteiger partial charge in [-0.2, -0.15) is 5.26 Å². The van der Waals surface area contributed by atoms with Crippen LogP contribution in [0.4, 0.5) is 0 Å². The van der Waals surface area contributed by atoms with E-state index in [0.717, 1.165) is 43.4 Å². The van der Waals surface area contributed by atoms with Crippen LogP contribution in [0.15, 0.2) is 29.3 Å². The first-order chi connectivity index (χ1) is 14.8. The van der Waals surface area contributed by atoms with Crippen LogP contribution in [-0.2, 0) is 16.1 Å². The molecule has 5 rings (SSSR count). The fourth-order valence-corrected chi connectivity index (χ4v) is 6.18. The first kappa shape index (κ1) is 21.6. The maximum Gasteiger partial charge on any atom is 0.223 e. The third-order valence-corrected chi connectivity index (χ3v) is 7.68. The molecule has 0 radical (unpaired) electrons. The van der Waals surface area contributed by atoms with Crippen molar-refractivity contribution in [2.24, 2.45) is 39.6 Å². The lowest BCUT2D eigenvalue weighted by molar-refractivity contribution is -0.144. The molecule has 1 aromatic rings. The number of carbonyl (C=O) groups is 1. The Morgan fingerprint density at radius 3 is 2.61 bits per heavy atom. The van der Waals surface area contributed by atoms with Gasteiger partial charge in [0, 0.05) is 5.41 Å². The molecule has 0 aliphatic heterocycles. The van der Waals surface area contributed by atoms with Gasteiger partial charge in [0.1, 0.15) is 17.2 Å². The van der Waals surface area contributed by atoms with Gasteiger partial charge in [0.15, 0.2) is 0 Å². The summed E-state index contributed by atoms with van der Waals surface area (Å²) < 4.78 is 11.4. The van der Waals surface area contributed by atoms with Crippen molar-refractivity contribution in [1.29, 1.82) is 5.26 Å². The summed E-state index contributed by atoms with van der Waals surface area (Å²) in [6.45, 7) is 2.13. The predicted molar refractivity (Wildman–Crippen MR) is 117 cm³/mol. The van der Waals surface area contributed by atoms with Crippen LogP contribution in [0, 0.1) is 34.5 Å². The van der Waals surface area contributed by atoms with Crippen molar-refractivity contribution in [3.63, 3.8) is 0 Å². The van der Waals surface area contributed by atoms with E-state index in [0.29, 0.717) is 30.2 Å². The van der Waals surface area contributed by atoms with Gasteiger partial charge in [-0.1, -0.05) is 12.1 Å². The van der Waals surface area contributed by atoms with Crippen LogP contribution in [0.5, 0.6) is 5.75 Å². The average molecular weight is 425 g/mol. The van der Waals surface area contributed by atoms with E-state index in [-0.39, 0.29) is 23.8 Å². The van der Waals surface area contributed by atoms with Crippen molar-refractivity contribution in [1.82, 2.24) is 0 Å². The normalized spacial score (nSPS) is 33.5. The van der Waals surface area contributed by atoms with E-state index >= 15 is 0 Å². The Labute approximate surface area is 183 Å². The summed E-state index contributed by atoms with van der Waals surface area (Å²) in [4.78, 5) is 17.1. The Morgan fingerprint density at radius 1 is 1.29 bits per heavy atom. The zero-order valence-corrected chi connectivity index (χ0v) is 18.3. The topological polar surface area (TPSA) is 124 Å². The minimum Gasteiger partial charge on any atom is -0.497 e. The van der Waals surface area contributed by atoms with Crippen molar-refractivity contribution in [2.75, 3.05) is 7.11 Å². The highest BCUT2D eigenvalue weighted by atomic mass is 16.5. The number of methoxy groups -OCH3 is 1. The molecule has 4 aliphatic carbocycles. The van der Waals surface area contributed by atoms with E-state index in [1.54, 1.807) is 7.11 Å². The fraction of sp³-hybridized carbons (Fsp3) is 0.625. The lowest BCUT2D eigenvalue weighted by atomic mass is 9.48. The zero-order chi connectivity index (χ0) is 22.2. The van der Waals surface area contributed by atoms with Crippen LogP contribution < -0.4 is 16.2 Å². The van der Waals surface area contributed by atoms with Crippen molar-refractivity contribution < 1.29 is 14.3 Å². The number of hydrogen-bond donors (Lipinski definition) is 2. The largest absolute Gasteiger partial charge is 0.497 e. The van der Waals surface area contributed by atoms with Gasteiger partial charge in [0.2, 0.25) is 5.91 Å². The first-order valence-electron chi connectivity index (χ1n) is 11.1. The number of amides is 1. The molecule has 1 aromatic carbocycles. The molecular weight excluding hydrogens is 392 g/mol. The number of aliphatic imine (C=N–C) groups is 1. The van der Waals surface area contributed by atoms with Gasteiger partial charge >= 0.3 is 0 Å². The number of hydrogen-bond acceptors (Lipinski definition) is 5. The third kappa shape index (κ3) is 4.01. The minimum atomic E-state index is -0.978. The highest BCUT2D eigenvalue weighted by molar-refractivity contribution is 5.89. The molecule has 0 spiro atoms. The smallest absolute Gasteiger partial charge is 0.223 e. The Bertz CT molecular complexity index is 908. The van der Waals surface area contributed by atoms with Crippen molar-refractivity contribution >= 4 is 11.7 Å². The SMILES string of the molecule is COc1cccc(COC(C)(CC#N)C(N)=NC2C3CC4CC2CC(C(N)=O)(C4)C3)c1. The number of nitrogens with two attached hydrogens (primary N) is 2. The van der Waals surface area contributed by atoms with E-state index in [1.807, 2.05) is 31.2 Å². The number of rotatable bonds is 8. The van der Waals surface area contributed by atoms with Gasteiger partial charge in [-0.25, -0.2) is 0 Å². The summed E-state index contributed by atoms with van der Waals surface area (Å²) in [6.07, 6.45) is 4.80. The number of nitrogens with zero attached hydrogens (tertiary/aromatic N) is 2. The molecule has 3 unspecified atom stereocenters. The lowest BCUT2D eigenvalue weighted by Gasteiger charge is -2.57. The summed E-state index contributed by atoms with van der Waals surface area (Å²) in [6, 6.07) is 9.90. The maximum absolute atomic E-state index is 12.2. The lowest BCUT2D eigenvalue weighted by Crippen LogP contribution is -2.58. The van der Waals surface area contributed by atoms with Crippen molar-refractivity contribution in [3.8, 4) is 11.8 Å². The summed E-state index contributed by atoms with van der Waals surface area (Å²) in [5.41, 5.74) is 11.9. The van der Waals surface area contributed by atoms with E-state index < -0.39 is 5.60 Å². The Morgan fingerprint density at radius 2 is 2.00 bits per heavy atom. The molecule has 4 bridgehead atoms. The molecule has 166 valence electrons. The number of amidine groups is 1. The molecule has 3 atom stereocenters. The van der Waals surface area contributed by atoms with Gasteiger partial charge in [0.05, 0.1) is 32.2 Å². The summed E-state index contributed by atoms with van der Waals surface area (Å²) in [5, 5.41) is 9.42. The van der Waals surface area contributed by atoms with Crippen LogP contribution >= 0.6 is 0 Å². The quantitative estimate of drug-likeness (QED) is 0.490. The van der Waals surface area contributed by atoms with Gasteiger partial charge < -0.3 is 20.9 Å². The predicted octanol–water partition coefficient (Wildman–Crippen LogP) is 2.92. The third-order valence-electron chi connectivity index (χ3n) is 7.68. The maximum atomic E-state index is 12.2. The highest BCUT2D eigenvalue weighted by Gasteiger charge is 2.58. The monoisotopic (exact) mass is 424 g/mol. The standard InChI is InChI=1S/C24H32N4O3/c1-23(6-7-25,31-14-15-4-3-5-19(10-15)30-2)21(26)28-20-17-8-16-9-18(20)13-24(11-16,12-17)22(27)29/h3-5,10,16-18,20H,6,8-9,11-14H2,1-2H3,(H2,26,28)(H2,27,29).